The highest BCUT2D eigenvalue weighted by atomic mass is 35.5. The molecule has 1 aromatic carbocycles. The highest BCUT2D eigenvalue weighted by Crippen LogP contribution is 2.24. The molecule has 0 saturated carbocycles. The van der Waals surface area contributed by atoms with E-state index in [9.17, 15) is 4.39 Å². The van der Waals surface area contributed by atoms with Gasteiger partial charge in [-0.2, -0.15) is 0 Å². The van der Waals surface area contributed by atoms with E-state index in [2.05, 4.69) is 17.1 Å². The van der Waals surface area contributed by atoms with Gasteiger partial charge in [0.05, 0.1) is 0 Å². The first kappa shape index (κ1) is 17.6. The molecule has 1 heterocycles. The van der Waals surface area contributed by atoms with Gasteiger partial charge < -0.3 is 5.32 Å². The second-order valence-corrected chi connectivity index (χ2v) is 4.49. The third-order valence-corrected chi connectivity index (χ3v) is 3.30. The Kier molecular flexibility index (Phi) is 7.79. The lowest BCUT2D eigenvalue weighted by Gasteiger charge is -2.33. The molecule has 1 N–H and O–H groups in total. The third kappa shape index (κ3) is 4.09. The molecule has 2 rings (SSSR count). The lowest BCUT2D eigenvalue weighted by molar-refractivity contribution is 0.182. The fourth-order valence-electron chi connectivity index (χ4n) is 2.25. The maximum atomic E-state index is 13.7. The predicted octanol–water partition coefficient (Wildman–Crippen LogP) is 2.94. The zero-order chi connectivity index (χ0) is 11.5. The quantitative estimate of drug-likeness (QED) is 0.902. The van der Waals surface area contributed by atoms with E-state index in [4.69, 9.17) is 0 Å². The Bertz CT molecular complexity index is 368. The maximum Gasteiger partial charge on any atom is 0.127 e. The molecule has 1 aromatic rings. The minimum Gasteiger partial charge on any atom is -0.314 e. The summed E-state index contributed by atoms with van der Waals surface area (Å²) in [5, 5.41) is 3.31. The van der Waals surface area contributed by atoms with E-state index in [1.54, 1.807) is 6.07 Å². The number of piperazine rings is 1. The van der Waals surface area contributed by atoms with Crippen LogP contribution >= 0.6 is 24.8 Å². The van der Waals surface area contributed by atoms with Crippen molar-refractivity contribution in [2.45, 2.75) is 19.9 Å². The van der Waals surface area contributed by atoms with Gasteiger partial charge in [0.25, 0.3) is 0 Å². The van der Waals surface area contributed by atoms with Crippen LogP contribution in [0.15, 0.2) is 18.2 Å². The molecule has 0 bridgehead atoms. The molecular formula is C13H21Cl2FN2. The average Bonchev–Trinajstić information content (AvgIpc) is 2.32. The Morgan fingerprint density at radius 2 is 1.83 bits per heavy atom. The van der Waals surface area contributed by atoms with E-state index in [1.807, 2.05) is 19.1 Å². The SMILES string of the molecule is Cc1ccc(F)c([C@H](C)N2CCNCC2)c1.Cl.Cl. The zero-order valence-electron chi connectivity index (χ0n) is 10.8. The highest BCUT2D eigenvalue weighted by molar-refractivity contribution is 5.85. The number of hydrogen-bond acceptors (Lipinski definition) is 2. The highest BCUT2D eigenvalue weighted by Gasteiger charge is 2.20. The van der Waals surface area contributed by atoms with Crippen molar-refractivity contribution in [3.05, 3.63) is 35.1 Å². The number of halogens is 3. The van der Waals surface area contributed by atoms with Gasteiger partial charge in [-0.15, -0.1) is 24.8 Å². The Labute approximate surface area is 121 Å². The Balaban J connectivity index is 0.00000144. The molecule has 1 atom stereocenters. The summed E-state index contributed by atoms with van der Waals surface area (Å²) in [6, 6.07) is 5.52. The number of aryl methyl sites for hydroxylation is 1. The van der Waals surface area contributed by atoms with Gasteiger partial charge in [0.15, 0.2) is 0 Å². The molecule has 2 nitrogen and oxygen atoms in total. The number of benzene rings is 1. The van der Waals surface area contributed by atoms with Crippen molar-refractivity contribution < 1.29 is 4.39 Å². The summed E-state index contributed by atoms with van der Waals surface area (Å²) in [5.74, 6) is -0.0865. The molecule has 0 aromatic heterocycles. The summed E-state index contributed by atoms with van der Waals surface area (Å²) in [6.45, 7) is 8.08. The molecule has 1 aliphatic rings. The van der Waals surface area contributed by atoms with Gasteiger partial charge in [-0.1, -0.05) is 17.7 Å². The smallest absolute Gasteiger partial charge is 0.127 e. The zero-order valence-corrected chi connectivity index (χ0v) is 12.4. The standard InChI is InChI=1S/C13H19FN2.2ClH/c1-10-3-4-13(14)12(9-10)11(2)16-7-5-15-6-8-16;;/h3-4,9,11,15H,5-8H2,1-2H3;2*1H/t11-;;/m0../s1. The summed E-state index contributed by atoms with van der Waals surface area (Å²) in [6.07, 6.45) is 0. The lowest BCUT2D eigenvalue weighted by atomic mass is 10.0. The maximum absolute atomic E-state index is 13.7. The van der Waals surface area contributed by atoms with Crippen molar-refractivity contribution in [2.24, 2.45) is 0 Å². The van der Waals surface area contributed by atoms with Gasteiger partial charge in [-0.25, -0.2) is 4.39 Å². The van der Waals surface area contributed by atoms with Crippen LogP contribution < -0.4 is 5.32 Å². The summed E-state index contributed by atoms with van der Waals surface area (Å²) in [4.78, 5) is 2.33. The van der Waals surface area contributed by atoms with Crippen molar-refractivity contribution in [2.75, 3.05) is 26.2 Å². The van der Waals surface area contributed by atoms with Crippen LogP contribution in [0.4, 0.5) is 4.39 Å². The van der Waals surface area contributed by atoms with E-state index >= 15 is 0 Å². The molecule has 5 heteroatoms. The van der Waals surface area contributed by atoms with Crippen molar-refractivity contribution in [3.8, 4) is 0 Å². The Morgan fingerprint density at radius 1 is 1.22 bits per heavy atom. The van der Waals surface area contributed by atoms with E-state index in [-0.39, 0.29) is 36.7 Å². The molecular weight excluding hydrogens is 274 g/mol. The summed E-state index contributed by atoms with van der Waals surface area (Å²) in [7, 11) is 0. The average molecular weight is 295 g/mol. The minimum atomic E-state index is -0.0865. The van der Waals surface area contributed by atoms with Crippen molar-refractivity contribution in [1.82, 2.24) is 10.2 Å². The van der Waals surface area contributed by atoms with E-state index in [0.717, 1.165) is 37.3 Å². The van der Waals surface area contributed by atoms with Gasteiger partial charge in [-0.05, 0) is 19.9 Å². The summed E-state index contributed by atoms with van der Waals surface area (Å²) in [5.41, 5.74) is 1.94. The van der Waals surface area contributed by atoms with Gasteiger partial charge in [0.2, 0.25) is 0 Å². The topological polar surface area (TPSA) is 15.3 Å². The van der Waals surface area contributed by atoms with E-state index < -0.39 is 0 Å². The van der Waals surface area contributed by atoms with Crippen LogP contribution in [0.1, 0.15) is 24.1 Å². The minimum absolute atomic E-state index is 0. The van der Waals surface area contributed by atoms with Gasteiger partial charge >= 0.3 is 0 Å². The Hall–Kier alpha value is -0.350. The van der Waals surface area contributed by atoms with Crippen LogP contribution in [0.25, 0.3) is 0 Å². The fraction of sp³-hybridized carbons (Fsp3) is 0.538. The molecule has 1 fully saturated rings. The first-order valence-electron chi connectivity index (χ1n) is 5.89. The first-order chi connectivity index (χ1) is 7.68. The third-order valence-electron chi connectivity index (χ3n) is 3.30. The number of hydrogen-bond donors (Lipinski definition) is 1. The monoisotopic (exact) mass is 294 g/mol. The van der Waals surface area contributed by atoms with Gasteiger partial charge in [-0.3, -0.25) is 4.90 Å². The van der Waals surface area contributed by atoms with Crippen molar-refractivity contribution in [3.63, 3.8) is 0 Å². The molecule has 104 valence electrons. The largest absolute Gasteiger partial charge is 0.314 e. The van der Waals surface area contributed by atoms with Gasteiger partial charge in [0, 0.05) is 37.8 Å². The lowest BCUT2D eigenvalue weighted by Crippen LogP contribution is -2.44. The Morgan fingerprint density at radius 3 is 2.44 bits per heavy atom. The molecule has 0 aliphatic carbocycles. The molecule has 0 unspecified atom stereocenters. The van der Waals surface area contributed by atoms with Crippen LogP contribution in [0, 0.1) is 12.7 Å². The summed E-state index contributed by atoms with van der Waals surface area (Å²) < 4.78 is 13.7. The number of nitrogens with one attached hydrogen (secondary N) is 1. The molecule has 18 heavy (non-hydrogen) atoms. The van der Waals surface area contributed by atoms with Crippen LogP contribution in [-0.4, -0.2) is 31.1 Å². The number of nitrogens with zero attached hydrogens (tertiary/aromatic N) is 1. The van der Waals surface area contributed by atoms with Crippen molar-refractivity contribution >= 4 is 24.8 Å². The van der Waals surface area contributed by atoms with E-state index in [0.29, 0.717) is 0 Å². The fourth-order valence-corrected chi connectivity index (χ4v) is 2.25. The van der Waals surface area contributed by atoms with Gasteiger partial charge in [0.1, 0.15) is 5.82 Å². The normalized spacial score (nSPS) is 17.5. The second kappa shape index (κ2) is 7.95. The second-order valence-electron chi connectivity index (χ2n) is 4.49. The van der Waals surface area contributed by atoms with Crippen molar-refractivity contribution in [1.29, 1.82) is 0 Å². The van der Waals surface area contributed by atoms with E-state index in [1.165, 1.54) is 0 Å². The first-order valence-corrected chi connectivity index (χ1v) is 5.89. The van der Waals surface area contributed by atoms with Crippen LogP contribution in [0.2, 0.25) is 0 Å². The van der Waals surface area contributed by atoms with Crippen LogP contribution in [-0.2, 0) is 0 Å². The summed E-state index contributed by atoms with van der Waals surface area (Å²) >= 11 is 0. The number of rotatable bonds is 2. The predicted molar refractivity (Wildman–Crippen MR) is 78.5 cm³/mol. The van der Waals surface area contributed by atoms with Crippen LogP contribution in [0.5, 0.6) is 0 Å². The molecule has 0 radical (unpaired) electrons. The molecule has 0 spiro atoms. The molecule has 1 aliphatic heterocycles. The molecule has 0 amide bonds. The molecule has 1 saturated heterocycles. The van der Waals surface area contributed by atoms with Crippen LogP contribution in [0.3, 0.4) is 0 Å².